The first-order valence-electron chi connectivity index (χ1n) is 7.78. The number of nitrogens with zero attached hydrogens (tertiary/aromatic N) is 1. The molecular formula is C16H27ClN2O3Si. The van der Waals surface area contributed by atoms with Crippen molar-refractivity contribution in [2.45, 2.75) is 52.4 Å². The van der Waals surface area contributed by atoms with Crippen molar-refractivity contribution in [3.8, 4) is 0 Å². The van der Waals surface area contributed by atoms with Gasteiger partial charge in [-0.15, -0.1) is 0 Å². The Bertz CT molecular complexity index is 548. The Balaban J connectivity index is 3.52. The van der Waals surface area contributed by atoms with Crippen LogP contribution < -0.4 is 5.73 Å². The Morgan fingerprint density at radius 2 is 2.04 bits per heavy atom. The van der Waals surface area contributed by atoms with Crippen molar-refractivity contribution in [1.82, 2.24) is 4.98 Å². The van der Waals surface area contributed by atoms with Crippen LogP contribution in [0.5, 0.6) is 0 Å². The molecule has 0 saturated heterocycles. The molecule has 0 radical (unpaired) electrons. The molecule has 0 saturated carbocycles. The number of halogens is 1. The van der Waals surface area contributed by atoms with E-state index in [1.54, 1.807) is 19.2 Å². The maximum atomic E-state index is 12.7. The SMILES string of the molecule is CCOC(=O)C(N)(O[SiH](C)C)C(c1cccnc1Cl)C(C)(C)C. The summed E-state index contributed by atoms with van der Waals surface area (Å²) >= 11 is 6.29. The van der Waals surface area contributed by atoms with Gasteiger partial charge in [0.2, 0.25) is 5.72 Å². The smallest absolute Gasteiger partial charge is 0.353 e. The summed E-state index contributed by atoms with van der Waals surface area (Å²) in [5, 5.41) is 0.320. The molecule has 0 spiro atoms. The molecule has 1 aromatic rings. The normalized spacial score (nSPS) is 16.0. The van der Waals surface area contributed by atoms with Crippen LogP contribution >= 0.6 is 11.6 Å². The van der Waals surface area contributed by atoms with Gasteiger partial charge in [-0.3, -0.25) is 5.73 Å². The van der Waals surface area contributed by atoms with Gasteiger partial charge in [-0.25, -0.2) is 9.78 Å². The average molecular weight is 359 g/mol. The van der Waals surface area contributed by atoms with Gasteiger partial charge in [-0.1, -0.05) is 38.4 Å². The molecule has 2 atom stereocenters. The summed E-state index contributed by atoms with van der Waals surface area (Å²) in [5.41, 5.74) is 5.21. The molecule has 23 heavy (non-hydrogen) atoms. The molecule has 5 nitrogen and oxygen atoms in total. The third-order valence-electron chi connectivity index (χ3n) is 3.42. The van der Waals surface area contributed by atoms with Crippen LogP contribution in [0.25, 0.3) is 0 Å². The Kier molecular flexibility index (Phi) is 6.77. The number of pyridine rings is 1. The van der Waals surface area contributed by atoms with E-state index < -0.39 is 32.1 Å². The highest BCUT2D eigenvalue weighted by molar-refractivity contribution is 6.48. The molecule has 7 heteroatoms. The predicted molar refractivity (Wildman–Crippen MR) is 95.0 cm³/mol. The third-order valence-corrected chi connectivity index (χ3v) is 4.60. The van der Waals surface area contributed by atoms with Crippen molar-refractivity contribution < 1.29 is 14.0 Å². The van der Waals surface area contributed by atoms with E-state index in [9.17, 15) is 4.79 Å². The van der Waals surface area contributed by atoms with Gasteiger partial charge >= 0.3 is 5.97 Å². The quantitative estimate of drug-likeness (QED) is 0.366. The van der Waals surface area contributed by atoms with Crippen molar-refractivity contribution in [2.24, 2.45) is 11.1 Å². The van der Waals surface area contributed by atoms with E-state index in [0.29, 0.717) is 10.7 Å². The second kappa shape index (κ2) is 7.74. The maximum absolute atomic E-state index is 12.7. The van der Waals surface area contributed by atoms with Gasteiger partial charge in [0.25, 0.3) is 0 Å². The standard InChI is InChI=1S/C16H27ClN2O3Si/c1-7-21-14(20)16(18,22-23(5)6)12(15(2,3)4)11-9-8-10-19-13(11)17/h8-10,12,23H,7,18H2,1-6H3. The van der Waals surface area contributed by atoms with Crippen molar-refractivity contribution >= 4 is 26.6 Å². The van der Waals surface area contributed by atoms with Crippen LogP contribution in [0, 0.1) is 5.41 Å². The monoisotopic (exact) mass is 358 g/mol. The predicted octanol–water partition coefficient (Wildman–Crippen LogP) is 3.08. The van der Waals surface area contributed by atoms with E-state index >= 15 is 0 Å². The lowest BCUT2D eigenvalue weighted by atomic mass is 9.71. The molecule has 1 aromatic heterocycles. The summed E-state index contributed by atoms with van der Waals surface area (Å²) in [4.78, 5) is 16.8. The zero-order valence-electron chi connectivity index (χ0n) is 14.7. The van der Waals surface area contributed by atoms with Gasteiger partial charge < -0.3 is 9.16 Å². The molecule has 1 heterocycles. The van der Waals surface area contributed by atoms with Crippen LogP contribution in [0.2, 0.25) is 18.2 Å². The fourth-order valence-corrected chi connectivity index (χ4v) is 4.06. The summed E-state index contributed by atoms with van der Waals surface area (Å²) in [6.45, 7) is 11.9. The van der Waals surface area contributed by atoms with Crippen LogP contribution in [0.15, 0.2) is 18.3 Å². The topological polar surface area (TPSA) is 74.4 Å². The molecule has 0 aliphatic carbocycles. The lowest BCUT2D eigenvalue weighted by molar-refractivity contribution is -0.167. The molecule has 0 amide bonds. The number of nitrogens with two attached hydrogens (primary N) is 1. The number of carbonyl (C=O) groups excluding carboxylic acids is 1. The summed E-state index contributed by atoms with van der Waals surface area (Å²) in [6.07, 6.45) is 1.60. The van der Waals surface area contributed by atoms with Crippen LogP contribution in [0.1, 0.15) is 39.2 Å². The van der Waals surface area contributed by atoms with Crippen molar-refractivity contribution in [2.75, 3.05) is 6.61 Å². The van der Waals surface area contributed by atoms with Crippen LogP contribution in [-0.2, 0) is 14.0 Å². The second-order valence-corrected chi connectivity index (χ2v) is 9.55. The Labute approximate surface area is 145 Å². The molecular weight excluding hydrogens is 332 g/mol. The number of hydrogen-bond donors (Lipinski definition) is 1. The summed E-state index contributed by atoms with van der Waals surface area (Å²) in [7, 11) is -1.63. The van der Waals surface area contributed by atoms with Gasteiger partial charge in [-0.2, -0.15) is 0 Å². The minimum Gasteiger partial charge on any atom is -0.463 e. The Morgan fingerprint density at radius 3 is 2.48 bits per heavy atom. The van der Waals surface area contributed by atoms with Crippen molar-refractivity contribution in [1.29, 1.82) is 0 Å². The number of esters is 1. The first-order chi connectivity index (χ1) is 10.5. The maximum Gasteiger partial charge on any atom is 0.353 e. The van der Waals surface area contributed by atoms with Gasteiger partial charge in [0, 0.05) is 12.1 Å². The minimum absolute atomic E-state index is 0.235. The molecule has 0 aliphatic heterocycles. The molecule has 130 valence electrons. The molecule has 2 unspecified atom stereocenters. The largest absolute Gasteiger partial charge is 0.463 e. The van der Waals surface area contributed by atoms with Gasteiger partial charge in [-0.05, 0) is 37.1 Å². The Morgan fingerprint density at radius 1 is 1.43 bits per heavy atom. The number of hydrogen-bond acceptors (Lipinski definition) is 5. The van der Waals surface area contributed by atoms with E-state index in [1.807, 2.05) is 39.9 Å². The minimum atomic E-state index is -1.63. The highest BCUT2D eigenvalue weighted by atomic mass is 35.5. The number of aromatic nitrogens is 1. The van der Waals surface area contributed by atoms with Gasteiger partial charge in [0.15, 0.2) is 9.04 Å². The van der Waals surface area contributed by atoms with Crippen molar-refractivity contribution in [3.63, 3.8) is 0 Å². The third kappa shape index (κ3) is 4.76. The van der Waals surface area contributed by atoms with E-state index in [-0.39, 0.29) is 6.61 Å². The van der Waals surface area contributed by atoms with E-state index in [1.165, 1.54) is 0 Å². The first kappa shape index (κ1) is 20.1. The molecule has 2 N–H and O–H groups in total. The molecule has 0 aliphatic rings. The number of ether oxygens (including phenoxy) is 1. The fraction of sp³-hybridized carbons (Fsp3) is 0.625. The zero-order valence-corrected chi connectivity index (χ0v) is 16.6. The summed E-state index contributed by atoms with van der Waals surface area (Å²) in [5.74, 6) is -1.06. The second-order valence-electron chi connectivity index (χ2n) is 6.86. The van der Waals surface area contributed by atoms with Crippen LogP contribution in [-0.4, -0.2) is 32.3 Å². The van der Waals surface area contributed by atoms with E-state index in [0.717, 1.165) is 0 Å². The zero-order chi connectivity index (χ0) is 17.8. The lowest BCUT2D eigenvalue weighted by Gasteiger charge is -2.43. The van der Waals surface area contributed by atoms with Gasteiger partial charge in [0.05, 0.1) is 6.61 Å². The fourth-order valence-electron chi connectivity index (χ4n) is 2.82. The Hall–Kier alpha value is -0.953. The first-order valence-corrected chi connectivity index (χ1v) is 10.9. The van der Waals surface area contributed by atoms with E-state index in [4.69, 9.17) is 26.5 Å². The average Bonchev–Trinajstić information content (AvgIpc) is 2.39. The van der Waals surface area contributed by atoms with E-state index in [2.05, 4.69) is 4.98 Å². The number of carbonyl (C=O) groups is 1. The number of rotatable bonds is 6. The summed E-state index contributed by atoms with van der Waals surface area (Å²) in [6, 6.07) is 3.61. The highest BCUT2D eigenvalue weighted by Crippen LogP contribution is 2.45. The molecule has 1 rings (SSSR count). The molecule has 0 fully saturated rings. The summed E-state index contributed by atoms with van der Waals surface area (Å²) < 4.78 is 11.2. The van der Waals surface area contributed by atoms with Crippen LogP contribution in [0.3, 0.4) is 0 Å². The highest BCUT2D eigenvalue weighted by Gasteiger charge is 2.52. The lowest BCUT2D eigenvalue weighted by Crippen LogP contribution is -2.60. The van der Waals surface area contributed by atoms with Gasteiger partial charge in [0.1, 0.15) is 5.15 Å². The molecule has 0 aromatic carbocycles. The van der Waals surface area contributed by atoms with Crippen LogP contribution in [0.4, 0.5) is 0 Å². The molecule has 0 bridgehead atoms. The van der Waals surface area contributed by atoms with Crippen molar-refractivity contribution in [3.05, 3.63) is 29.0 Å².